The van der Waals surface area contributed by atoms with E-state index in [9.17, 15) is 14.9 Å². The molecule has 3 N–H and O–H groups in total. The van der Waals surface area contributed by atoms with E-state index in [1.165, 1.54) is 0 Å². The van der Waals surface area contributed by atoms with Gasteiger partial charge in [-0.1, -0.05) is 60.1 Å². The van der Waals surface area contributed by atoms with Crippen LogP contribution in [0.2, 0.25) is 5.02 Å². The van der Waals surface area contributed by atoms with Crippen LogP contribution in [0.4, 0.5) is 16.3 Å². The zero-order valence-corrected chi connectivity index (χ0v) is 27.7. The molecular formula is C35H39ClN8O4. The summed E-state index contributed by atoms with van der Waals surface area (Å²) in [5, 5.41) is 14.9. The number of fused-ring (bicyclic) bond motifs is 1. The number of likely N-dealkylation sites (tertiary alicyclic amines) is 1. The van der Waals surface area contributed by atoms with Crippen LogP contribution in [0.15, 0.2) is 48.5 Å². The summed E-state index contributed by atoms with van der Waals surface area (Å²) in [6, 6.07) is 17.0. The second-order valence-corrected chi connectivity index (χ2v) is 12.7. The van der Waals surface area contributed by atoms with Gasteiger partial charge in [-0.2, -0.15) is 15.2 Å². The molecule has 2 aliphatic heterocycles. The number of likely N-dealkylation sites (N-methyl/N-ethyl adjacent to an activating group) is 1. The van der Waals surface area contributed by atoms with Gasteiger partial charge in [0.05, 0.1) is 23.6 Å². The van der Waals surface area contributed by atoms with Crippen molar-refractivity contribution in [1.82, 2.24) is 25.1 Å². The van der Waals surface area contributed by atoms with Gasteiger partial charge in [0.1, 0.15) is 18.9 Å². The molecule has 3 aliphatic rings. The normalized spacial score (nSPS) is 19.2. The minimum atomic E-state index is -0.501. The highest BCUT2D eigenvalue weighted by Crippen LogP contribution is 2.30. The first-order valence-corrected chi connectivity index (χ1v) is 16.6. The second kappa shape index (κ2) is 14.9. The minimum absolute atomic E-state index is 0.0213. The maximum absolute atomic E-state index is 13.9. The molecule has 2 saturated heterocycles. The third-order valence-electron chi connectivity index (χ3n) is 9.12. The number of hydrogen-bond acceptors (Lipinski definition) is 10. The summed E-state index contributed by atoms with van der Waals surface area (Å²) in [5.41, 5.74) is 8.29. The molecule has 2 fully saturated rings. The highest BCUT2D eigenvalue weighted by molar-refractivity contribution is 6.30. The fourth-order valence-electron chi connectivity index (χ4n) is 6.49. The number of hydrogen-bond donors (Lipinski definition) is 2. The van der Waals surface area contributed by atoms with E-state index >= 15 is 0 Å². The maximum atomic E-state index is 13.9. The van der Waals surface area contributed by atoms with E-state index in [4.69, 9.17) is 26.8 Å². The molecule has 0 bridgehead atoms. The van der Waals surface area contributed by atoms with Crippen LogP contribution in [-0.4, -0.2) is 83.7 Å². The second-order valence-electron chi connectivity index (χ2n) is 12.3. The lowest BCUT2D eigenvalue weighted by atomic mass is 10.0. The van der Waals surface area contributed by atoms with E-state index in [0.29, 0.717) is 36.1 Å². The van der Waals surface area contributed by atoms with Crippen LogP contribution in [0.1, 0.15) is 48.2 Å². The van der Waals surface area contributed by atoms with Gasteiger partial charge >= 0.3 is 12.1 Å². The largest absolute Gasteiger partial charge is 0.462 e. The molecular weight excluding hydrogens is 632 g/mol. The van der Waals surface area contributed by atoms with Crippen molar-refractivity contribution in [2.24, 2.45) is 0 Å². The molecule has 0 unspecified atom stereocenters. The van der Waals surface area contributed by atoms with Crippen LogP contribution in [0.5, 0.6) is 6.01 Å². The highest BCUT2D eigenvalue weighted by Gasteiger charge is 2.34. The lowest BCUT2D eigenvalue weighted by Crippen LogP contribution is -2.55. The Morgan fingerprint density at radius 3 is 2.71 bits per heavy atom. The molecule has 3 aromatic rings. The molecule has 0 spiro atoms. The van der Waals surface area contributed by atoms with Crippen LogP contribution < -0.4 is 31.1 Å². The number of piperazine rings is 1. The maximum Gasteiger partial charge on any atom is 0.410 e. The Kier molecular flexibility index (Phi) is 10.3. The summed E-state index contributed by atoms with van der Waals surface area (Å²) in [6.07, 6.45) is 5.06. The first-order valence-electron chi connectivity index (χ1n) is 16.2. The number of nitrogens with two attached hydrogens (primary N) is 1. The summed E-state index contributed by atoms with van der Waals surface area (Å²) in [5.74, 6) is -0.191. The van der Waals surface area contributed by atoms with Gasteiger partial charge in [-0.3, -0.25) is 4.79 Å². The van der Waals surface area contributed by atoms with Crippen molar-refractivity contribution in [3.05, 3.63) is 75.2 Å². The van der Waals surface area contributed by atoms with Crippen LogP contribution in [0.25, 0.3) is 11.8 Å². The number of amides is 2. The number of nitrogen functional groups attached to an aromatic ring is 1. The summed E-state index contributed by atoms with van der Waals surface area (Å²) in [6.45, 7) is 2.31. The fourth-order valence-corrected chi connectivity index (χ4v) is 6.79. The van der Waals surface area contributed by atoms with Crippen LogP contribution in [0, 0.1) is 11.3 Å². The predicted molar refractivity (Wildman–Crippen MR) is 182 cm³/mol. The number of ether oxygens (including phenoxy) is 2. The van der Waals surface area contributed by atoms with E-state index in [2.05, 4.69) is 39.4 Å². The number of carbonyl (C=O) groups excluding carboxylic acids is 2. The van der Waals surface area contributed by atoms with Gasteiger partial charge in [-0.25, -0.2) is 4.79 Å². The summed E-state index contributed by atoms with van der Waals surface area (Å²) in [7, 11) is 2.05. The Morgan fingerprint density at radius 1 is 1.10 bits per heavy atom. The Labute approximate surface area is 284 Å². The third kappa shape index (κ3) is 7.32. The van der Waals surface area contributed by atoms with Gasteiger partial charge in [-0.05, 0) is 56.1 Å². The number of carbonyl (C=O) groups is 2. The van der Waals surface area contributed by atoms with Crippen molar-refractivity contribution >= 4 is 46.9 Å². The van der Waals surface area contributed by atoms with Crippen molar-refractivity contribution in [2.75, 3.05) is 50.5 Å². The predicted octanol–water partition coefficient (Wildman–Crippen LogP) is 3.04. The van der Waals surface area contributed by atoms with Crippen molar-refractivity contribution in [1.29, 1.82) is 5.26 Å². The number of aromatic nitrogens is 2. The third-order valence-corrected chi connectivity index (χ3v) is 9.43. The quantitative estimate of drug-likeness (QED) is 0.348. The number of rotatable bonds is 9. The lowest BCUT2D eigenvalue weighted by molar-refractivity contribution is 0.0768. The summed E-state index contributed by atoms with van der Waals surface area (Å²) >= 11 is 6.56. The van der Waals surface area contributed by atoms with Gasteiger partial charge in [0.25, 0.3) is 5.91 Å². The summed E-state index contributed by atoms with van der Waals surface area (Å²) < 4.78 is 11.7. The van der Waals surface area contributed by atoms with E-state index in [0.717, 1.165) is 41.8 Å². The highest BCUT2D eigenvalue weighted by atomic mass is 35.5. The molecule has 0 saturated carbocycles. The van der Waals surface area contributed by atoms with Gasteiger partial charge in [0.15, 0.2) is 11.5 Å². The van der Waals surface area contributed by atoms with Crippen LogP contribution in [-0.2, 0) is 11.3 Å². The molecule has 48 heavy (non-hydrogen) atoms. The zero-order valence-electron chi connectivity index (χ0n) is 26.9. The number of benzene rings is 2. The van der Waals surface area contributed by atoms with Gasteiger partial charge in [-0.15, -0.1) is 0 Å². The minimum Gasteiger partial charge on any atom is -0.462 e. The first kappa shape index (κ1) is 33.1. The SMILES string of the molecule is CN1CCC[C@H]1COc1nc(C(=O)NC2=c3c(Cl)cccc3=CCC2)c(N)c(N2CCN(C(=O)OCc3ccccc3)[C@@H](CC#N)C2)n1. The fraction of sp³-hybridized carbons (Fsp3) is 0.400. The van der Waals surface area contributed by atoms with E-state index < -0.39 is 18.0 Å². The van der Waals surface area contributed by atoms with Crippen molar-refractivity contribution in [3.63, 3.8) is 0 Å². The number of nitrogens with one attached hydrogen (secondary N) is 1. The van der Waals surface area contributed by atoms with E-state index in [-0.39, 0.29) is 49.6 Å². The first-order chi connectivity index (χ1) is 23.3. The van der Waals surface area contributed by atoms with Crippen molar-refractivity contribution in [3.8, 4) is 12.1 Å². The van der Waals surface area contributed by atoms with Gasteiger partial charge < -0.3 is 35.2 Å². The molecule has 2 atom stereocenters. The summed E-state index contributed by atoms with van der Waals surface area (Å²) in [4.78, 5) is 41.9. The number of halogens is 1. The Balaban J connectivity index is 1.27. The van der Waals surface area contributed by atoms with Crippen LogP contribution >= 0.6 is 11.6 Å². The number of nitrogens with zero attached hydrogens (tertiary/aromatic N) is 6. The van der Waals surface area contributed by atoms with Crippen molar-refractivity contribution < 1.29 is 19.1 Å². The Bertz CT molecular complexity index is 1830. The molecule has 6 rings (SSSR count). The van der Waals surface area contributed by atoms with Gasteiger partial charge in [0, 0.05) is 36.6 Å². The topological polar surface area (TPSA) is 150 Å². The smallest absolute Gasteiger partial charge is 0.410 e. The van der Waals surface area contributed by atoms with E-state index in [1.807, 2.05) is 47.4 Å². The Hall–Kier alpha value is -4.86. The standard InChI is InChI=1S/C35H39ClN8O4/c1-42-17-7-12-26(42)22-47-34-40-31(33(45)39-28-14-6-11-24-10-5-13-27(36)29(24)28)30(38)32(41-34)43-18-19-44(25(20-43)15-16-37)35(46)48-21-23-8-3-2-4-9-23/h2-5,8-11,13,25-26H,6-7,12,14-15,17-22,38H2,1H3,(H,39,45)/t25-,26-/m0/s1. The van der Waals surface area contributed by atoms with E-state index in [1.54, 1.807) is 11.0 Å². The molecule has 2 aromatic carbocycles. The molecule has 12 nitrogen and oxygen atoms in total. The monoisotopic (exact) mass is 670 g/mol. The number of anilines is 2. The molecule has 3 heterocycles. The van der Waals surface area contributed by atoms with Crippen molar-refractivity contribution in [2.45, 2.75) is 50.8 Å². The average Bonchev–Trinajstić information content (AvgIpc) is 3.51. The lowest BCUT2D eigenvalue weighted by Gasteiger charge is -2.40. The molecule has 2 amide bonds. The molecule has 0 radical (unpaired) electrons. The molecule has 13 heteroatoms. The molecule has 250 valence electrons. The molecule has 1 aliphatic carbocycles. The van der Waals surface area contributed by atoms with Crippen LogP contribution in [0.3, 0.4) is 0 Å². The van der Waals surface area contributed by atoms with Gasteiger partial charge in [0.2, 0.25) is 0 Å². The number of nitriles is 1. The molecule has 1 aromatic heterocycles. The average molecular weight is 671 g/mol. The Morgan fingerprint density at radius 2 is 1.94 bits per heavy atom. The zero-order chi connectivity index (χ0) is 33.6.